The van der Waals surface area contributed by atoms with Crippen molar-refractivity contribution in [1.82, 2.24) is 15.1 Å². The lowest BCUT2D eigenvalue weighted by Crippen LogP contribution is -2.57. The van der Waals surface area contributed by atoms with Crippen LogP contribution in [0.2, 0.25) is 10.0 Å². The van der Waals surface area contributed by atoms with Crippen LogP contribution in [-0.2, 0) is 9.59 Å². The van der Waals surface area contributed by atoms with Crippen molar-refractivity contribution in [2.24, 2.45) is 0 Å². The number of nitrogens with one attached hydrogen (secondary N) is 1. The van der Waals surface area contributed by atoms with Gasteiger partial charge in [0.25, 0.3) is 11.8 Å². The smallest absolute Gasteiger partial charge is 0.253 e. The number of hydrogen-bond donors (Lipinski definition) is 1. The Hall–Kier alpha value is -2.77. The number of piperidine rings is 1. The van der Waals surface area contributed by atoms with Gasteiger partial charge in [0, 0.05) is 40.9 Å². The van der Waals surface area contributed by atoms with E-state index in [0.29, 0.717) is 54.8 Å². The molecule has 2 fully saturated rings. The van der Waals surface area contributed by atoms with Crippen molar-refractivity contribution in [3.05, 3.63) is 64.1 Å². The molecule has 3 amide bonds. The maximum absolute atomic E-state index is 13.7. The number of anilines is 1. The first-order valence-corrected chi connectivity index (χ1v) is 12.7. The van der Waals surface area contributed by atoms with Crippen LogP contribution in [0.4, 0.5) is 5.69 Å². The predicted octanol–water partition coefficient (Wildman–Crippen LogP) is 4.19. The molecule has 2 aliphatic heterocycles. The second kappa shape index (κ2) is 10.9. The highest BCUT2D eigenvalue weighted by Crippen LogP contribution is 2.39. The molecule has 0 unspecified atom stereocenters. The quantitative estimate of drug-likeness (QED) is 0.560. The third-order valence-electron chi connectivity index (χ3n) is 6.76. The lowest BCUT2D eigenvalue weighted by Gasteiger charge is -2.43. The Morgan fingerprint density at radius 2 is 1.69 bits per heavy atom. The highest BCUT2D eigenvalue weighted by atomic mass is 35.5. The first-order chi connectivity index (χ1) is 16.8. The molecule has 0 radical (unpaired) electrons. The maximum atomic E-state index is 13.7. The number of carbonyl (C=O) groups is 3. The number of amides is 3. The van der Waals surface area contributed by atoms with E-state index < -0.39 is 5.54 Å². The number of rotatable bonds is 7. The fourth-order valence-corrected chi connectivity index (χ4v) is 5.42. The second-order valence-electron chi connectivity index (χ2n) is 9.09. The molecule has 35 heavy (non-hydrogen) atoms. The van der Waals surface area contributed by atoms with Gasteiger partial charge >= 0.3 is 0 Å². The average Bonchev–Trinajstić information content (AvgIpc) is 3.10. The molecule has 0 saturated carbocycles. The minimum Gasteiger partial charge on any atom is -0.355 e. The molecule has 7 nitrogen and oxygen atoms in total. The molecule has 1 N–H and O–H groups in total. The van der Waals surface area contributed by atoms with Crippen molar-refractivity contribution in [2.45, 2.75) is 38.1 Å². The molecule has 0 aromatic heterocycles. The van der Waals surface area contributed by atoms with E-state index in [9.17, 15) is 14.4 Å². The van der Waals surface area contributed by atoms with E-state index in [4.69, 9.17) is 23.2 Å². The van der Waals surface area contributed by atoms with Gasteiger partial charge in [-0.05, 0) is 49.6 Å². The predicted molar refractivity (Wildman–Crippen MR) is 138 cm³/mol. The summed E-state index contributed by atoms with van der Waals surface area (Å²) in [5.41, 5.74) is 0.561. The molecule has 186 valence electrons. The summed E-state index contributed by atoms with van der Waals surface area (Å²) in [6, 6.07) is 14.6. The Labute approximate surface area is 216 Å². The third kappa shape index (κ3) is 5.41. The topological polar surface area (TPSA) is 73.0 Å². The van der Waals surface area contributed by atoms with E-state index in [1.807, 2.05) is 30.3 Å². The normalized spacial score (nSPS) is 17.2. The van der Waals surface area contributed by atoms with Crippen LogP contribution in [0, 0.1) is 0 Å². The Bertz CT molecular complexity index is 1070. The molecule has 0 atom stereocenters. The number of hydrogen-bond acceptors (Lipinski definition) is 4. The van der Waals surface area contributed by atoms with E-state index in [1.165, 1.54) is 0 Å². The molecule has 2 saturated heterocycles. The summed E-state index contributed by atoms with van der Waals surface area (Å²) in [5, 5.41) is 3.71. The van der Waals surface area contributed by atoms with E-state index in [1.54, 1.807) is 28.0 Å². The van der Waals surface area contributed by atoms with Gasteiger partial charge in [0.15, 0.2) is 0 Å². The zero-order valence-electron chi connectivity index (χ0n) is 19.8. The van der Waals surface area contributed by atoms with Gasteiger partial charge < -0.3 is 20.0 Å². The molecular formula is C26H30Cl2N4O3. The summed E-state index contributed by atoms with van der Waals surface area (Å²) in [4.78, 5) is 44.8. The zero-order chi connectivity index (χ0) is 25.0. The van der Waals surface area contributed by atoms with E-state index in [0.717, 1.165) is 18.5 Å². The highest BCUT2D eigenvalue weighted by molar-refractivity contribution is 6.35. The van der Waals surface area contributed by atoms with Gasteiger partial charge in [0.1, 0.15) is 12.1 Å². The van der Waals surface area contributed by atoms with E-state index >= 15 is 0 Å². The van der Waals surface area contributed by atoms with Crippen LogP contribution < -0.4 is 10.2 Å². The Balaban J connectivity index is 1.52. The van der Waals surface area contributed by atoms with Gasteiger partial charge in [-0.2, -0.15) is 0 Å². The van der Waals surface area contributed by atoms with Crippen molar-refractivity contribution in [2.75, 3.05) is 37.7 Å². The standard InChI is InChI=1S/C26H30Cl2N4O3/c1-2-3-11-29-23(33)17-31-18-32(22-7-5-4-6-8-22)26(25(31)35)9-12-30(13-10-26)24(34)19-14-20(27)16-21(28)15-19/h4-8,14-16H,2-3,9-13,17-18H2,1H3,(H,29,33). The number of unbranched alkanes of at least 4 members (excludes halogenated alkanes) is 1. The molecule has 4 rings (SSSR count). The van der Waals surface area contributed by atoms with Gasteiger partial charge in [0.2, 0.25) is 5.91 Å². The molecule has 1 spiro atoms. The van der Waals surface area contributed by atoms with Crippen LogP contribution >= 0.6 is 23.2 Å². The SMILES string of the molecule is CCCCNC(=O)CN1CN(c2ccccc2)C2(CCN(C(=O)c3cc(Cl)cc(Cl)c3)CC2)C1=O. The van der Waals surface area contributed by atoms with Gasteiger partial charge in [-0.1, -0.05) is 54.7 Å². The Kier molecular flexibility index (Phi) is 7.87. The van der Waals surface area contributed by atoms with Gasteiger partial charge in [-0.3, -0.25) is 14.4 Å². The average molecular weight is 517 g/mol. The molecule has 2 aromatic carbocycles. The maximum Gasteiger partial charge on any atom is 0.253 e. The number of nitrogens with zero attached hydrogens (tertiary/aromatic N) is 3. The minimum absolute atomic E-state index is 0.0251. The van der Waals surface area contributed by atoms with Crippen LogP contribution in [0.3, 0.4) is 0 Å². The minimum atomic E-state index is -0.798. The summed E-state index contributed by atoms with van der Waals surface area (Å²) < 4.78 is 0. The molecule has 2 aliphatic rings. The van der Waals surface area contributed by atoms with Crippen molar-refractivity contribution >= 4 is 46.6 Å². The van der Waals surface area contributed by atoms with Crippen molar-refractivity contribution < 1.29 is 14.4 Å². The van der Waals surface area contributed by atoms with Crippen LogP contribution in [0.1, 0.15) is 43.0 Å². The van der Waals surface area contributed by atoms with Crippen LogP contribution in [0.15, 0.2) is 48.5 Å². The van der Waals surface area contributed by atoms with Crippen molar-refractivity contribution in [3.8, 4) is 0 Å². The summed E-state index contributed by atoms with van der Waals surface area (Å²) in [7, 11) is 0. The van der Waals surface area contributed by atoms with Crippen LogP contribution in [0.25, 0.3) is 0 Å². The van der Waals surface area contributed by atoms with Crippen molar-refractivity contribution in [3.63, 3.8) is 0 Å². The van der Waals surface area contributed by atoms with E-state index in [2.05, 4.69) is 17.1 Å². The molecule has 2 aromatic rings. The lowest BCUT2D eigenvalue weighted by molar-refractivity contribution is -0.137. The van der Waals surface area contributed by atoms with Crippen LogP contribution in [0.5, 0.6) is 0 Å². The third-order valence-corrected chi connectivity index (χ3v) is 7.19. The number of benzene rings is 2. The first-order valence-electron chi connectivity index (χ1n) is 12.0. The lowest BCUT2D eigenvalue weighted by atomic mass is 9.85. The summed E-state index contributed by atoms with van der Waals surface area (Å²) in [5.74, 6) is -0.375. The number of carbonyl (C=O) groups excluding carboxylic acids is 3. The molecule has 0 aliphatic carbocycles. The van der Waals surface area contributed by atoms with E-state index in [-0.39, 0.29) is 24.3 Å². The van der Waals surface area contributed by atoms with Gasteiger partial charge in [-0.15, -0.1) is 0 Å². The monoisotopic (exact) mass is 516 g/mol. The largest absolute Gasteiger partial charge is 0.355 e. The van der Waals surface area contributed by atoms with Crippen LogP contribution in [-0.4, -0.2) is 65.9 Å². The zero-order valence-corrected chi connectivity index (χ0v) is 21.3. The molecule has 9 heteroatoms. The van der Waals surface area contributed by atoms with Gasteiger partial charge in [0.05, 0.1) is 6.67 Å². The first kappa shape index (κ1) is 25.3. The fourth-order valence-electron chi connectivity index (χ4n) is 4.90. The fraction of sp³-hybridized carbons (Fsp3) is 0.423. The summed E-state index contributed by atoms with van der Waals surface area (Å²) in [6.07, 6.45) is 2.83. The Morgan fingerprint density at radius 3 is 2.31 bits per heavy atom. The molecular weight excluding hydrogens is 487 g/mol. The number of para-hydroxylation sites is 1. The summed E-state index contributed by atoms with van der Waals surface area (Å²) >= 11 is 12.2. The summed E-state index contributed by atoms with van der Waals surface area (Å²) in [6.45, 7) is 3.85. The number of likely N-dealkylation sites (tertiary alicyclic amines) is 1. The molecule has 2 heterocycles. The van der Waals surface area contributed by atoms with Crippen molar-refractivity contribution in [1.29, 1.82) is 0 Å². The second-order valence-corrected chi connectivity index (χ2v) is 9.97. The van der Waals surface area contributed by atoms with Gasteiger partial charge in [-0.25, -0.2) is 0 Å². The highest BCUT2D eigenvalue weighted by Gasteiger charge is 2.54. The number of halogens is 2. The Morgan fingerprint density at radius 1 is 1.03 bits per heavy atom. The molecule has 0 bridgehead atoms.